The van der Waals surface area contributed by atoms with E-state index in [2.05, 4.69) is 5.32 Å². The molecular formula is C27H29Cl2N3O4S. The van der Waals surface area contributed by atoms with Crippen molar-refractivity contribution in [2.24, 2.45) is 0 Å². The number of rotatable bonds is 10. The lowest BCUT2D eigenvalue weighted by atomic mass is 10.1. The summed E-state index contributed by atoms with van der Waals surface area (Å²) in [5, 5.41) is 3.13. The van der Waals surface area contributed by atoms with Gasteiger partial charge in [0, 0.05) is 18.1 Å². The summed E-state index contributed by atoms with van der Waals surface area (Å²) in [6, 6.07) is 18.8. The lowest BCUT2D eigenvalue weighted by Crippen LogP contribution is -2.51. The van der Waals surface area contributed by atoms with Gasteiger partial charge in [-0.3, -0.25) is 13.9 Å². The van der Waals surface area contributed by atoms with Crippen molar-refractivity contribution >= 4 is 50.7 Å². The smallest absolute Gasteiger partial charge is 0.264 e. The van der Waals surface area contributed by atoms with E-state index in [1.807, 2.05) is 31.2 Å². The molecule has 0 heterocycles. The second-order valence-electron chi connectivity index (χ2n) is 8.44. The summed E-state index contributed by atoms with van der Waals surface area (Å²) >= 11 is 12.5. The van der Waals surface area contributed by atoms with Crippen LogP contribution in [0.5, 0.6) is 0 Å². The third-order valence-electron chi connectivity index (χ3n) is 5.91. The summed E-state index contributed by atoms with van der Waals surface area (Å²) in [6.07, 6.45) is 0. The Morgan fingerprint density at radius 3 is 2.24 bits per heavy atom. The van der Waals surface area contributed by atoms with Crippen molar-refractivity contribution in [1.82, 2.24) is 10.2 Å². The molecule has 0 spiro atoms. The molecule has 3 aromatic rings. The highest BCUT2D eigenvalue weighted by Crippen LogP contribution is 2.33. The molecule has 0 unspecified atom stereocenters. The number of amides is 2. The molecule has 0 aliphatic carbocycles. The predicted octanol–water partition coefficient (Wildman–Crippen LogP) is 5.05. The number of nitrogens with one attached hydrogen (secondary N) is 1. The molecule has 1 N–H and O–H groups in total. The van der Waals surface area contributed by atoms with Gasteiger partial charge >= 0.3 is 0 Å². The Labute approximate surface area is 228 Å². The fraction of sp³-hybridized carbons (Fsp3) is 0.259. The van der Waals surface area contributed by atoms with Crippen molar-refractivity contribution in [2.75, 3.05) is 17.4 Å². The van der Waals surface area contributed by atoms with Crippen LogP contribution in [0.15, 0.2) is 77.7 Å². The zero-order valence-corrected chi connectivity index (χ0v) is 23.1. The molecule has 0 saturated carbocycles. The molecular weight excluding hydrogens is 533 g/mol. The molecule has 196 valence electrons. The fourth-order valence-electron chi connectivity index (χ4n) is 3.79. The molecule has 0 aromatic heterocycles. The highest BCUT2D eigenvalue weighted by atomic mass is 35.5. The Hall–Kier alpha value is -3.07. The third-order valence-corrected chi connectivity index (χ3v) is 8.22. The Kier molecular flexibility index (Phi) is 9.59. The number of benzene rings is 3. The van der Waals surface area contributed by atoms with E-state index < -0.39 is 28.5 Å². The van der Waals surface area contributed by atoms with E-state index >= 15 is 0 Å². The van der Waals surface area contributed by atoms with Gasteiger partial charge in [-0.2, -0.15) is 0 Å². The molecule has 0 aliphatic rings. The van der Waals surface area contributed by atoms with Gasteiger partial charge in [-0.15, -0.1) is 0 Å². The summed E-state index contributed by atoms with van der Waals surface area (Å²) in [5.41, 5.74) is 1.89. The van der Waals surface area contributed by atoms with E-state index in [1.165, 1.54) is 35.2 Å². The number of likely N-dealkylation sites (N-methyl/N-ethyl adjacent to an activating group) is 1. The Balaban J connectivity index is 2.07. The molecule has 2 amide bonds. The van der Waals surface area contributed by atoms with Crippen LogP contribution in [0.25, 0.3) is 0 Å². The Morgan fingerprint density at radius 1 is 0.973 bits per heavy atom. The van der Waals surface area contributed by atoms with Gasteiger partial charge in [-0.1, -0.05) is 65.7 Å². The molecule has 0 bridgehead atoms. The molecule has 7 nitrogen and oxygen atoms in total. The first-order chi connectivity index (χ1) is 17.6. The van der Waals surface area contributed by atoms with Gasteiger partial charge in [-0.25, -0.2) is 8.42 Å². The maximum Gasteiger partial charge on any atom is 0.264 e. The van der Waals surface area contributed by atoms with Gasteiger partial charge in [-0.05, 0) is 62.2 Å². The SMILES string of the molecule is CCNC(=O)[C@@H](C)N(Cc1ccccc1C)C(=O)CN(c1ccc(Cl)cc1Cl)S(=O)(=O)c1ccccc1. The van der Waals surface area contributed by atoms with Crippen LogP contribution in [0, 0.1) is 6.92 Å². The Bertz CT molecular complexity index is 1370. The number of hydrogen-bond acceptors (Lipinski definition) is 4. The van der Waals surface area contributed by atoms with Gasteiger partial charge in [0.05, 0.1) is 15.6 Å². The van der Waals surface area contributed by atoms with Crippen LogP contribution >= 0.6 is 23.2 Å². The predicted molar refractivity (Wildman–Crippen MR) is 147 cm³/mol. The first kappa shape index (κ1) is 28.5. The molecule has 37 heavy (non-hydrogen) atoms. The molecule has 3 rings (SSSR count). The van der Waals surface area contributed by atoms with E-state index in [0.717, 1.165) is 15.4 Å². The van der Waals surface area contributed by atoms with E-state index in [9.17, 15) is 18.0 Å². The molecule has 0 radical (unpaired) electrons. The van der Waals surface area contributed by atoms with Crippen molar-refractivity contribution < 1.29 is 18.0 Å². The number of carbonyl (C=O) groups excluding carboxylic acids is 2. The number of nitrogens with zero attached hydrogens (tertiary/aromatic N) is 2. The number of carbonyl (C=O) groups is 2. The van der Waals surface area contributed by atoms with Crippen LogP contribution in [0.3, 0.4) is 0 Å². The quantitative estimate of drug-likeness (QED) is 0.375. The zero-order valence-electron chi connectivity index (χ0n) is 20.8. The van der Waals surface area contributed by atoms with Crippen molar-refractivity contribution in [3.05, 3.63) is 94.0 Å². The molecule has 0 aliphatic heterocycles. The Morgan fingerprint density at radius 2 is 1.62 bits per heavy atom. The second kappa shape index (κ2) is 12.4. The van der Waals surface area contributed by atoms with Crippen molar-refractivity contribution in [1.29, 1.82) is 0 Å². The number of sulfonamides is 1. The van der Waals surface area contributed by atoms with Crippen LogP contribution in [0.4, 0.5) is 5.69 Å². The average molecular weight is 563 g/mol. The normalized spacial score (nSPS) is 12.0. The van der Waals surface area contributed by atoms with Gasteiger partial charge in [0.25, 0.3) is 10.0 Å². The third kappa shape index (κ3) is 6.83. The number of anilines is 1. The summed E-state index contributed by atoms with van der Waals surface area (Å²) in [5.74, 6) is -0.904. The van der Waals surface area contributed by atoms with Crippen LogP contribution in [0.2, 0.25) is 10.0 Å². The van der Waals surface area contributed by atoms with E-state index in [1.54, 1.807) is 32.0 Å². The highest BCUT2D eigenvalue weighted by molar-refractivity contribution is 7.92. The average Bonchev–Trinajstić information content (AvgIpc) is 2.87. The van der Waals surface area contributed by atoms with Crippen molar-refractivity contribution in [3.63, 3.8) is 0 Å². The maximum atomic E-state index is 13.8. The number of halogens is 2. The van der Waals surface area contributed by atoms with Crippen molar-refractivity contribution in [2.45, 2.75) is 38.3 Å². The summed E-state index contributed by atoms with van der Waals surface area (Å²) in [4.78, 5) is 28.0. The lowest BCUT2D eigenvalue weighted by molar-refractivity contribution is -0.139. The zero-order chi connectivity index (χ0) is 27.2. The second-order valence-corrected chi connectivity index (χ2v) is 11.1. The summed E-state index contributed by atoms with van der Waals surface area (Å²) in [6.45, 7) is 5.26. The summed E-state index contributed by atoms with van der Waals surface area (Å²) < 4.78 is 28.4. The molecule has 1 atom stereocenters. The number of aryl methyl sites for hydroxylation is 1. The van der Waals surface area contributed by atoms with Crippen molar-refractivity contribution in [3.8, 4) is 0 Å². The van der Waals surface area contributed by atoms with Gasteiger partial charge < -0.3 is 10.2 Å². The van der Waals surface area contributed by atoms with Gasteiger partial charge in [0.1, 0.15) is 12.6 Å². The van der Waals surface area contributed by atoms with Gasteiger partial charge in [0.15, 0.2) is 0 Å². The first-order valence-corrected chi connectivity index (χ1v) is 13.9. The maximum absolute atomic E-state index is 13.8. The van der Waals surface area contributed by atoms with E-state index in [4.69, 9.17) is 23.2 Å². The standard InChI is InChI=1S/C27H29Cl2N3O4S/c1-4-30-27(34)20(3)31(17-21-11-9-8-10-19(21)2)26(33)18-32(25-15-14-22(28)16-24(25)29)37(35,36)23-12-6-5-7-13-23/h5-16,20H,4,17-18H2,1-3H3,(H,30,34)/t20-/m1/s1. The molecule has 0 saturated heterocycles. The highest BCUT2D eigenvalue weighted by Gasteiger charge is 2.33. The van der Waals surface area contributed by atoms with Crippen LogP contribution in [-0.2, 0) is 26.2 Å². The number of hydrogen-bond donors (Lipinski definition) is 1. The first-order valence-electron chi connectivity index (χ1n) is 11.7. The van der Waals surface area contributed by atoms with Gasteiger partial charge in [0.2, 0.25) is 11.8 Å². The molecule has 10 heteroatoms. The topological polar surface area (TPSA) is 86.8 Å². The molecule has 0 fully saturated rings. The monoisotopic (exact) mass is 561 g/mol. The van der Waals surface area contributed by atoms with E-state index in [0.29, 0.717) is 11.6 Å². The van der Waals surface area contributed by atoms with Crippen LogP contribution < -0.4 is 9.62 Å². The lowest BCUT2D eigenvalue weighted by Gasteiger charge is -2.32. The minimum Gasteiger partial charge on any atom is -0.355 e. The molecule has 3 aromatic carbocycles. The largest absolute Gasteiger partial charge is 0.355 e. The van der Waals surface area contributed by atoms with Crippen LogP contribution in [0.1, 0.15) is 25.0 Å². The fourth-order valence-corrected chi connectivity index (χ4v) is 5.81. The summed E-state index contributed by atoms with van der Waals surface area (Å²) in [7, 11) is -4.20. The van der Waals surface area contributed by atoms with E-state index in [-0.39, 0.29) is 28.1 Å². The van der Waals surface area contributed by atoms with Crippen LogP contribution in [-0.4, -0.2) is 44.3 Å². The minimum absolute atomic E-state index is 0.00366. The minimum atomic E-state index is -4.20.